The molecule has 2 atom stereocenters. The monoisotopic (exact) mass is 178 g/mol. The van der Waals surface area contributed by atoms with E-state index in [9.17, 15) is 0 Å². The Hall–Kier alpha value is -0.860. The maximum Gasteiger partial charge on any atom is 0.0829 e. The standard InChI is InChI=1S/C11H14O2/c12-7-9-6-11(13-8-9)10-4-2-1-3-5-10/h1-5,9,11-12H,6-8H2. The normalized spacial score (nSPS) is 27.8. The zero-order valence-corrected chi connectivity index (χ0v) is 7.52. The molecule has 2 unspecified atom stereocenters. The van der Waals surface area contributed by atoms with Crippen molar-refractivity contribution >= 4 is 0 Å². The first-order valence-electron chi connectivity index (χ1n) is 4.67. The molecule has 1 saturated heterocycles. The lowest BCUT2D eigenvalue weighted by Crippen LogP contribution is -2.03. The van der Waals surface area contributed by atoms with E-state index in [0.717, 1.165) is 6.42 Å². The van der Waals surface area contributed by atoms with Crippen molar-refractivity contribution in [1.29, 1.82) is 0 Å². The van der Waals surface area contributed by atoms with Crippen molar-refractivity contribution in [3.63, 3.8) is 0 Å². The molecule has 1 aromatic rings. The summed E-state index contributed by atoms with van der Waals surface area (Å²) in [6.07, 6.45) is 1.14. The predicted octanol–water partition coefficient (Wildman–Crippen LogP) is 1.76. The van der Waals surface area contributed by atoms with Crippen LogP contribution < -0.4 is 0 Å². The number of aliphatic hydroxyl groups is 1. The fourth-order valence-corrected chi connectivity index (χ4v) is 1.72. The van der Waals surface area contributed by atoms with Crippen LogP contribution in [0.3, 0.4) is 0 Å². The molecule has 0 bridgehead atoms. The Morgan fingerprint density at radius 3 is 2.69 bits per heavy atom. The SMILES string of the molecule is OCC1COC(c2ccccc2)C1. The molecule has 1 aliphatic rings. The lowest BCUT2D eigenvalue weighted by Gasteiger charge is -2.08. The fourth-order valence-electron chi connectivity index (χ4n) is 1.72. The number of hydrogen-bond acceptors (Lipinski definition) is 2. The summed E-state index contributed by atoms with van der Waals surface area (Å²) in [6.45, 7) is 0.930. The molecule has 2 nitrogen and oxygen atoms in total. The molecular weight excluding hydrogens is 164 g/mol. The van der Waals surface area contributed by atoms with Gasteiger partial charge in [0.2, 0.25) is 0 Å². The average Bonchev–Trinajstić information content (AvgIpc) is 2.67. The molecule has 1 aliphatic heterocycles. The summed E-state index contributed by atoms with van der Waals surface area (Å²) in [5.74, 6) is 0.324. The van der Waals surface area contributed by atoms with Gasteiger partial charge in [0.15, 0.2) is 0 Å². The van der Waals surface area contributed by atoms with Crippen LogP contribution >= 0.6 is 0 Å². The first kappa shape index (κ1) is 8.73. The molecule has 2 rings (SSSR count). The lowest BCUT2D eigenvalue weighted by atomic mass is 10.0. The van der Waals surface area contributed by atoms with Crippen molar-refractivity contribution in [3.05, 3.63) is 35.9 Å². The Bertz CT molecular complexity index is 258. The van der Waals surface area contributed by atoms with Crippen molar-refractivity contribution < 1.29 is 9.84 Å². The van der Waals surface area contributed by atoms with Crippen LogP contribution in [0.5, 0.6) is 0 Å². The molecule has 1 aromatic carbocycles. The highest BCUT2D eigenvalue weighted by molar-refractivity contribution is 5.18. The molecule has 1 N–H and O–H groups in total. The van der Waals surface area contributed by atoms with Crippen LogP contribution in [-0.2, 0) is 4.74 Å². The number of benzene rings is 1. The van der Waals surface area contributed by atoms with E-state index in [1.807, 2.05) is 18.2 Å². The van der Waals surface area contributed by atoms with Crippen LogP contribution in [0.2, 0.25) is 0 Å². The van der Waals surface area contributed by atoms with E-state index in [0.29, 0.717) is 12.5 Å². The Kier molecular flexibility index (Phi) is 2.62. The van der Waals surface area contributed by atoms with E-state index in [-0.39, 0.29) is 12.7 Å². The molecule has 0 amide bonds. The second kappa shape index (κ2) is 3.90. The number of rotatable bonds is 2. The maximum absolute atomic E-state index is 8.95. The predicted molar refractivity (Wildman–Crippen MR) is 50.3 cm³/mol. The molecule has 13 heavy (non-hydrogen) atoms. The number of aliphatic hydroxyl groups excluding tert-OH is 1. The van der Waals surface area contributed by atoms with E-state index in [1.54, 1.807) is 0 Å². The minimum atomic E-state index is 0.193. The van der Waals surface area contributed by atoms with Crippen molar-refractivity contribution in [3.8, 4) is 0 Å². The van der Waals surface area contributed by atoms with Gasteiger partial charge >= 0.3 is 0 Å². The molecule has 0 radical (unpaired) electrons. The molecule has 0 aliphatic carbocycles. The maximum atomic E-state index is 8.95. The Balaban J connectivity index is 2.04. The van der Waals surface area contributed by atoms with E-state index in [2.05, 4.69) is 12.1 Å². The summed E-state index contributed by atoms with van der Waals surface area (Å²) in [7, 11) is 0. The van der Waals surface area contributed by atoms with Crippen molar-refractivity contribution in [2.24, 2.45) is 5.92 Å². The largest absolute Gasteiger partial charge is 0.396 e. The minimum absolute atomic E-state index is 0.193. The van der Waals surface area contributed by atoms with Crippen molar-refractivity contribution in [1.82, 2.24) is 0 Å². The molecule has 0 spiro atoms. The van der Waals surface area contributed by atoms with Gasteiger partial charge in [-0.1, -0.05) is 30.3 Å². The number of ether oxygens (including phenoxy) is 1. The van der Waals surface area contributed by atoms with Crippen molar-refractivity contribution in [2.75, 3.05) is 13.2 Å². The molecular formula is C11H14O2. The van der Waals surface area contributed by atoms with Crippen LogP contribution in [0.1, 0.15) is 18.1 Å². The van der Waals surface area contributed by atoms with Crippen LogP contribution in [-0.4, -0.2) is 18.3 Å². The van der Waals surface area contributed by atoms with Crippen LogP contribution in [0, 0.1) is 5.92 Å². The first-order chi connectivity index (χ1) is 6.40. The molecule has 1 heterocycles. The zero-order valence-electron chi connectivity index (χ0n) is 7.52. The van der Waals surface area contributed by atoms with Gasteiger partial charge in [-0.15, -0.1) is 0 Å². The van der Waals surface area contributed by atoms with Gasteiger partial charge in [0, 0.05) is 12.5 Å². The third-order valence-electron chi connectivity index (χ3n) is 2.51. The Labute approximate surface area is 78.2 Å². The van der Waals surface area contributed by atoms with Gasteiger partial charge in [-0.05, 0) is 12.0 Å². The van der Waals surface area contributed by atoms with E-state index >= 15 is 0 Å². The summed E-state index contributed by atoms with van der Waals surface area (Å²) in [4.78, 5) is 0. The van der Waals surface area contributed by atoms with E-state index in [1.165, 1.54) is 5.56 Å². The first-order valence-corrected chi connectivity index (χ1v) is 4.67. The van der Waals surface area contributed by atoms with Gasteiger partial charge in [0.25, 0.3) is 0 Å². The third kappa shape index (κ3) is 1.90. The van der Waals surface area contributed by atoms with Gasteiger partial charge in [0.1, 0.15) is 0 Å². The number of hydrogen-bond donors (Lipinski definition) is 1. The van der Waals surface area contributed by atoms with Crippen LogP contribution in [0.15, 0.2) is 30.3 Å². The fraction of sp³-hybridized carbons (Fsp3) is 0.455. The summed E-state index contributed by atoms with van der Waals surface area (Å²) in [5.41, 5.74) is 1.22. The quantitative estimate of drug-likeness (QED) is 0.747. The third-order valence-corrected chi connectivity index (χ3v) is 2.51. The molecule has 1 fully saturated rings. The molecule has 0 aromatic heterocycles. The van der Waals surface area contributed by atoms with Gasteiger partial charge in [0.05, 0.1) is 12.7 Å². The highest BCUT2D eigenvalue weighted by Crippen LogP contribution is 2.31. The van der Waals surface area contributed by atoms with Crippen LogP contribution in [0.4, 0.5) is 0 Å². The minimum Gasteiger partial charge on any atom is -0.396 e. The Morgan fingerprint density at radius 1 is 1.31 bits per heavy atom. The molecule has 70 valence electrons. The highest BCUT2D eigenvalue weighted by Gasteiger charge is 2.25. The topological polar surface area (TPSA) is 29.5 Å². The van der Waals surface area contributed by atoms with E-state index < -0.39 is 0 Å². The van der Waals surface area contributed by atoms with E-state index in [4.69, 9.17) is 9.84 Å². The molecule has 2 heteroatoms. The summed E-state index contributed by atoms with van der Waals surface area (Å²) < 4.78 is 5.58. The van der Waals surface area contributed by atoms with Gasteiger partial charge < -0.3 is 9.84 Å². The second-order valence-electron chi connectivity index (χ2n) is 3.52. The Morgan fingerprint density at radius 2 is 2.08 bits per heavy atom. The second-order valence-corrected chi connectivity index (χ2v) is 3.52. The van der Waals surface area contributed by atoms with Gasteiger partial charge in [-0.2, -0.15) is 0 Å². The summed E-state index contributed by atoms with van der Waals surface area (Å²) >= 11 is 0. The lowest BCUT2D eigenvalue weighted by molar-refractivity contribution is 0.101. The summed E-state index contributed by atoms with van der Waals surface area (Å²) in [5, 5.41) is 8.95. The summed E-state index contributed by atoms with van der Waals surface area (Å²) in [6, 6.07) is 10.2. The smallest absolute Gasteiger partial charge is 0.0829 e. The molecule has 0 saturated carbocycles. The van der Waals surface area contributed by atoms with Crippen molar-refractivity contribution in [2.45, 2.75) is 12.5 Å². The zero-order chi connectivity index (χ0) is 9.10. The van der Waals surface area contributed by atoms with Crippen LogP contribution in [0.25, 0.3) is 0 Å². The van der Waals surface area contributed by atoms with Gasteiger partial charge in [-0.25, -0.2) is 0 Å². The van der Waals surface area contributed by atoms with Gasteiger partial charge in [-0.3, -0.25) is 0 Å². The average molecular weight is 178 g/mol. The highest BCUT2D eigenvalue weighted by atomic mass is 16.5.